The standard InChI is InChI=1S/C23H28BNO5/c1-13-11-18-20(23(28)25(22(18)27)15-5-3-2-4-6-15)17-12-19(30-24(29)21(13)17)14-7-9-16(26)10-8-14/h7-10,15,17-20,26,29H,2-6,11-12H2,1H3/t17-,18-,19-,20+/m0/s1. The second-order valence-corrected chi connectivity index (χ2v) is 9.32. The zero-order valence-electron chi connectivity index (χ0n) is 17.3. The third kappa shape index (κ3) is 3.10. The first-order chi connectivity index (χ1) is 14.5. The van der Waals surface area contributed by atoms with Crippen LogP contribution in [0.2, 0.25) is 0 Å². The largest absolute Gasteiger partial charge is 0.508 e. The highest BCUT2D eigenvalue weighted by Gasteiger charge is 2.58. The van der Waals surface area contributed by atoms with Gasteiger partial charge in [-0.2, -0.15) is 0 Å². The highest BCUT2D eigenvalue weighted by atomic mass is 16.5. The first-order valence-electron chi connectivity index (χ1n) is 11.1. The Kier molecular flexibility index (Phi) is 4.98. The lowest BCUT2D eigenvalue weighted by Crippen LogP contribution is -2.45. The van der Waals surface area contributed by atoms with E-state index in [0.717, 1.165) is 42.3 Å². The van der Waals surface area contributed by atoms with Crippen molar-refractivity contribution in [3.8, 4) is 5.75 Å². The summed E-state index contributed by atoms with van der Waals surface area (Å²) in [5.41, 5.74) is 2.62. The van der Waals surface area contributed by atoms with E-state index in [2.05, 4.69) is 0 Å². The Morgan fingerprint density at radius 3 is 2.43 bits per heavy atom. The zero-order valence-corrected chi connectivity index (χ0v) is 17.3. The van der Waals surface area contributed by atoms with E-state index in [0.29, 0.717) is 12.8 Å². The molecule has 0 unspecified atom stereocenters. The molecular weight excluding hydrogens is 381 g/mol. The second-order valence-electron chi connectivity index (χ2n) is 9.32. The number of rotatable bonds is 2. The van der Waals surface area contributed by atoms with Gasteiger partial charge in [-0.3, -0.25) is 14.5 Å². The molecule has 2 amide bonds. The number of carbonyl (C=O) groups is 2. The molecule has 4 aliphatic rings. The topological polar surface area (TPSA) is 87.1 Å². The predicted molar refractivity (Wildman–Crippen MR) is 111 cm³/mol. The van der Waals surface area contributed by atoms with Crippen molar-refractivity contribution in [2.45, 2.75) is 64.0 Å². The van der Waals surface area contributed by atoms with Gasteiger partial charge in [-0.25, -0.2) is 0 Å². The molecule has 158 valence electrons. The lowest BCUT2D eigenvalue weighted by Gasteiger charge is -2.41. The SMILES string of the molecule is CC1=C2B(O)O[C@H](c3ccc(O)cc3)C[C@H]2[C@H]2C(=O)N(C3CCCCC3)C(=O)[C@H]2C1. The Bertz CT molecular complexity index is 891. The third-order valence-electron chi connectivity index (χ3n) is 7.59. The molecule has 3 fully saturated rings. The molecule has 5 rings (SSSR count). The van der Waals surface area contributed by atoms with Crippen molar-refractivity contribution < 1.29 is 24.4 Å². The van der Waals surface area contributed by atoms with Gasteiger partial charge in [0.15, 0.2) is 0 Å². The van der Waals surface area contributed by atoms with E-state index in [1.807, 2.05) is 6.92 Å². The van der Waals surface area contributed by atoms with Crippen molar-refractivity contribution in [1.29, 1.82) is 0 Å². The molecule has 2 heterocycles. The molecule has 30 heavy (non-hydrogen) atoms. The van der Waals surface area contributed by atoms with E-state index in [1.165, 1.54) is 6.42 Å². The smallest absolute Gasteiger partial charge is 0.487 e. The number of phenols is 1. The van der Waals surface area contributed by atoms with Crippen LogP contribution < -0.4 is 0 Å². The van der Waals surface area contributed by atoms with Crippen LogP contribution in [-0.2, 0) is 14.2 Å². The average Bonchev–Trinajstić information content (AvgIpc) is 2.99. The van der Waals surface area contributed by atoms with Gasteiger partial charge in [-0.15, -0.1) is 0 Å². The normalized spacial score (nSPS) is 32.5. The summed E-state index contributed by atoms with van der Waals surface area (Å²) in [5.74, 6) is -0.821. The predicted octanol–water partition coefficient (Wildman–Crippen LogP) is 3.14. The zero-order chi connectivity index (χ0) is 21.0. The van der Waals surface area contributed by atoms with E-state index in [4.69, 9.17) is 4.65 Å². The number of hydrogen-bond acceptors (Lipinski definition) is 5. The number of aromatic hydroxyl groups is 1. The van der Waals surface area contributed by atoms with Crippen LogP contribution >= 0.6 is 0 Å². The van der Waals surface area contributed by atoms with E-state index < -0.39 is 13.0 Å². The Hall–Kier alpha value is -2.12. The Balaban J connectivity index is 1.47. The fourth-order valence-electron chi connectivity index (χ4n) is 6.18. The van der Waals surface area contributed by atoms with E-state index in [9.17, 15) is 19.7 Å². The number of benzene rings is 1. The maximum atomic E-state index is 13.5. The fraction of sp³-hybridized carbons (Fsp3) is 0.565. The number of imide groups is 1. The molecule has 2 saturated heterocycles. The van der Waals surface area contributed by atoms with Crippen LogP contribution in [0.1, 0.15) is 63.5 Å². The maximum absolute atomic E-state index is 13.5. The quantitative estimate of drug-likeness (QED) is 0.579. The number of amides is 2. The van der Waals surface area contributed by atoms with Crippen molar-refractivity contribution in [3.05, 3.63) is 40.9 Å². The molecule has 2 aliphatic carbocycles. The van der Waals surface area contributed by atoms with Gasteiger partial charge >= 0.3 is 7.12 Å². The van der Waals surface area contributed by atoms with Crippen LogP contribution in [0.15, 0.2) is 35.3 Å². The minimum atomic E-state index is -1.07. The molecule has 2 N–H and O–H groups in total. The number of nitrogens with zero attached hydrogens (tertiary/aromatic N) is 1. The molecule has 6 nitrogen and oxygen atoms in total. The van der Waals surface area contributed by atoms with Crippen LogP contribution in [0.3, 0.4) is 0 Å². The van der Waals surface area contributed by atoms with E-state index in [1.54, 1.807) is 29.2 Å². The molecule has 0 aromatic heterocycles. The van der Waals surface area contributed by atoms with Crippen molar-refractivity contribution in [2.24, 2.45) is 17.8 Å². The fourth-order valence-corrected chi connectivity index (χ4v) is 6.18. The lowest BCUT2D eigenvalue weighted by molar-refractivity contribution is -0.143. The molecular formula is C23H28BNO5. The van der Waals surface area contributed by atoms with Crippen molar-refractivity contribution in [3.63, 3.8) is 0 Å². The molecule has 0 bridgehead atoms. The number of carbonyl (C=O) groups excluding carboxylic acids is 2. The molecule has 1 saturated carbocycles. The minimum absolute atomic E-state index is 0.0162. The highest BCUT2D eigenvalue weighted by molar-refractivity contribution is 6.53. The number of likely N-dealkylation sites (tertiary alicyclic amines) is 1. The average molecular weight is 409 g/mol. The molecule has 4 atom stereocenters. The van der Waals surface area contributed by atoms with Crippen LogP contribution in [0.5, 0.6) is 5.75 Å². The van der Waals surface area contributed by atoms with Gasteiger partial charge in [-0.05, 0) is 61.7 Å². The molecule has 0 spiro atoms. The number of phenolic OH excluding ortho intramolecular Hbond substituents is 1. The Morgan fingerprint density at radius 2 is 1.73 bits per heavy atom. The summed E-state index contributed by atoms with van der Waals surface area (Å²) in [5, 5.41) is 20.4. The Morgan fingerprint density at radius 1 is 1.03 bits per heavy atom. The monoisotopic (exact) mass is 409 g/mol. The summed E-state index contributed by atoms with van der Waals surface area (Å²) in [6.07, 6.45) is 5.81. The molecule has 7 heteroatoms. The molecule has 0 radical (unpaired) electrons. The van der Waals surface area contributed by atoms with Crippen molar-refractivity contribution in [1.82, 2.24) is 4.90 Å². The number of fused-ring (bicyclic) bond motifs is 3. The van der Waals surface area contributed by atoms with Crippen LogP contribution in [0, 0.1) is 17.8 Å². The summed E-state index contributed by atoms with van der Waals surface area (Å²) in [6, 6.07) is 6.79. The lowest BCUT2D eigenvalue weighted by atomic mass is 9.55. The van der Waals surface area contributed by atoms with Gasteiger partial charge in [0.25, 0.3) is 0 Å². The second kappa shape index (κ2) is 7.54. The van der Waals surface area contributed by atoms with Crippen LogP contribution in [0.25, 0.3) is 0 Å². The van der Waals surface area contributed by atoms with Gasteiger partial charge in [0.1, 0.15) is 5.75 Å². The maximum Gasteiger partial charge on any atom is 0.487 e. The van der Waals surface area contributed by atoms with Gasteiger partial charge < -0.3 is 14.8 Å². The van der Waals surface area contributed by atoms with E-state index >= 15 is 0 Å². The molecule has 2 aliphatic heterocycles. The third-order valence-corrected chi connectivity index (χ3v) is 7.59. The van der Waals surface area contributed by atoms with Crippen molar-refractivity contribution >= 4 is 18.9 Å². The van der Waals surface area contributed by atoms with Gasteiger partial charge in [0, 0.05) is 6.04 Å². The summed E-state index contributed by atoms with van der Waals surface area (Å²) in [7, 11) is -1.07. The minimum Gasteiger partial charge on any atom is -0.508 e. The summed E-state index contributed by atoms with van der Waals surface area (Å²) < 4.78 is 5.91. The van der Waals surface area contributed by atoms with Gasteiger partial charge in [0.2, 0.25) is 11.8 Å². The van der Waals surface area contributed by atoms with Gasteiger partial charge in [0.05, 0.1) is 17.9 Å². The van der Waals surface area contributed by atoms with Crippen molar-refractivity contribution in [2.75, 3.05) is 0 Å². The molecule has 1 aromatic carbocycles. The summed E-state index contributed by atoms with van der Waals surface area (Å²) in [4.78, 5) is 28.4. The Labute approximate surface area is 177 Å². The van der Waals surface area contributed by atoms with E-state index in [-0.39, 0.29) is 41.5 Å². The first-order valence-corrected chi connectivity index (χ1v) is 11.1. The number of hydrogen-bond donors (Lipinski definition) is 2. The highest BCUT2D eigenvalue weighted by Crippen LogP contribution is 2.52. The van der Waals surface area contributed by atoms with Gasteiger partial charge in [-0.1, -0.05) is 37.0 Å². The first kappa shape index (κ1) is 19.8. The van der Waals surface area contributed by atoms with Crippen LogP contribution in [0.4, 0.5) is 0 Å². The van der Waals surface area contributed by atoms with Crippen LogP contribution in [-0.4, -0.2) is 40.0 Å². The molecule has 1 aromatic rings. The number of allylic oxidation sites excluding steroid dienone is 2. The summed E-state index contributed by atoms with van der Waals surface area (Å²) >= 11 is 0. The summed E-state index contributed by atoms with van der Waals surface area (Å²) in [6.45, 7) is 1.95.